The zero-order valence-corrected chi connectivity index (χ0v) is 22.0. The summed E-state index contributed by atoms with van der Waals surface area (Å²) in [7, 11) is 2.13. The van der Waals surface area contributed by atoms with Crippen molar-refractivity contribution in [3.63, 3.8) is 0 Å². The monoisotopic (exact) mass is 537 g/mol. The molecular formula is C28H38F3N3O4. The zero-order chi connectivity index (χ0) is 27.5. The minimum absolute atomic E-state index is 0.149. The maximum Gasteiger partial charge on any atom is 0.490 e. The Balaban J connectivity index is 0.000000426. The first-order valence-electron chi connectivity index (χ1n) is 13.6. The van der Waals surface area contributed by atoms with Crippen molar-refractivity contribution >= 4 is 17.8 Å². The van der Waals surface area contributed by atoms with Crippen LogP contribution >= 0.6 is 0 Å². The second kappa shape index (κ2) is 11.6. The van der Waals surface area contributed by atoms with Gasteiger partial charge >= 0.3 is 12.1 Å². The Morgan fingerprint density at radius 3 is 2.11 bits per heavy atom. The SMILES string of the molecule is CN1CCN(C(=O)CC2CC3(CCN(C(=O)C4CCCC4)CC3)c3ccccc32)CC1.O=C(O)C(F)(F)F. The summed E-state index contributed by atoms with van der Waals surface area (Å²) in [5, 5.41) is 7.12. The van der Waals surface area contributed by atoms with E-state index >= 15 is 0 Å². The van der Waals surface area contributed by atoms with E-state index in [9.17, 15) is 22.8 Å². The molecule has 5 rings (SSSR count). The molecule has 1 saturated carbocycles. The highest BCUT2D eigenvalue weighted by atomic mass is 19.4. The Morgan fingerprint density at radius 1 is 0.947 bits per heavy atom. The number of carbonyl (C=O) groups excluding carboxylic acids is 2. The molecule has 1 N–H and O–H groups in total. The van der Waals surface area contributed by atoms with E-state index in [-0.39, 0.29) is 11.3 Å². The van der Waals surface area contributed by atoms with Gasteiger partial charge in [0.05, 0.1) is 0 Å². The fourth-order valence-corrected chi connectivity index (χ4v) is 6.66. The first-order chi connectivity index (χ1) is 18.0. The first-order valence-corrected chi connectivity index (χ1v) is 13.6. The minimum Gasteiger partial charge on any atom is -0.475 e. The van der Waals surface area contributed by atoms with Crippen LogP contribution in [0.25, 0.3) is 0 Å². The molecule has 4 aliphatic rings. The molecule has 2 heterocycles. The van der Waals surface area contributed by atoms with Crippen LogP contribution in [0, 0.1) is 5.92 Å². The molecule has 0 aromatic heterocycles. The number of likely N-dealkylation sites (N-methyl/N-ethyl adjacent to an activating group) is 1. The van der Waals surface area contributed by atoms with Crippen molar-refractivity contribution in [2.24, 2.45) is 5.92 Å². The van der Waals surface area contributed by atoms with E-state index < -0.39 is 12.1 Å². The average molecular weight is 538 g/mol. The predicted molar refractivity (Wildman–Crippen MR) is 136 cm³/mol. The number of aliphatic carboxylic acids is 1. The van der Waals surface area contributed by atoms with Gasteiger partial charge in [-0.1, -0.05) is 37.1 Å². The Labute approximate surface area is 221 Å². The van der Waals surface area contributed by atoms with Gasteiger partial charge in [0.1, 0.15) is 0 Å². The summed E-state index contributed by atoms with van der Waals surface area (Å²) in [6, 6.07) is 8.83. The van der Waals surface area contributed by atoms with Crippen LogP contribution in [0.1, 0.15) is 68.4 Å². The summed E-state index contributed by atoms with van der Waals surface area (Å²) >= 11 is 0. The lowest BCUT2D eigenvalue weighted by molar-refractivity contribution is -0.192. The van der Waals surface area contributed by atoms with Gasteiger partial charge in [0.25, 0.3) is 0 Å². The molecule has 2 aliphatic carbocycles. The van der Waals surface area contributed by atoms with E-state index in [0.29, 0.717) is 24.2 Å². The standard InChI is InChI=1S/C26H37N3O2.C2HF3O2/c1-27-14-16-28(17-15-27)24(30)18-21-19-26(23-9-5-4-8-22(21)23)10-12-29(13-11-26)25(31)20-6-2-3-7-20;3-2(4,5)1(6)7/h4-5,8-9,20-21H,2-3,6-7,10-19H2,1H3;(H,6,7). The highest BCUT2D eigenvalue weighted by Crippen LogP contribution is 2.53. The second-order valence-electron chi connectivity index (χ2n) is 11.3. The van der Waals surface area contributed by atoms with E-state index in [2.05, 4.69) is 46.0 Å². The Kier molecular flexibility index (Phi) is 8.69. The van der Waals surface area contributed by atoms with Crippen LogP contribution in [0.5, 0.6) is 0 Å². The first kappa shape index (κ1) is 28.4. The van der Waals surface area contributed by atoms with Gasteiger partial charge in [0.15, 0.2) is 0 Å². The van der Waals surface area contributed by atoms with Crippen LogP contribution in [-0.2, 0) is 19.8 Å². The molecule has 1 atom stereocenters. The van der Waals surface area contributed by atoms with E-state index in [1.54, 1.807) is 0 Å². The molecule has 1 aromatic carbocycles. The number of nitrogens with zero attached hydrogens (tertiary/aromatic N) is 3. The van der Waals surface area contributed by atoms with Crippen LogP contribution in [-0.4, -0.2) is 90.1 Å². The van der Waals surface area contributed by atoms with Crippen LogP contribution in [0.2, 0.25) is 0 Å². The summed E-state index contributed by atoms with van der Waals surface area (Å²) in [4.78, 5) is 41.4. The number of halogens is 3. The summed E-state index contributed by atoms with van der Waals surface area (Å²) in [6.07, 6.45) is 3.29. The molecule has 1 unspecified atom stereocenters. The zero-order valence-electron chi connectivity index (χ0n) is 22.0. The number of carboxylic acids is 1. The van der Waals surface area contributed by atoms with Crippen LogP contribution in [0.3, 0.4) is 0 Å². The molecule has 38 heavy (non-hydrogen) atoms. The maximum atomic E-state index is 13.1. The fourth-order valence-electron chi connectivity index (χ4n) is 6.66. The van der Waals surface area contributed by atoms with Crippen LogP contribution in [0.4, 0.5) is 13.2 Å². The van der Waals surface area contributed by atoms with Crippen molar-refractivity contribution in [2.75, 3.05) is 46.3 Å². The van der Waals surface area contributed by atoms with Crippen molar-refractivity contribution in [2.45, 2.75) is 68.9 Å². The van der Waals surface area contributed by atoms with Crippen LogP contribution < -0.4 is 0 Å². The molecule has 210 valence electrons. The number of fused-ring (bicyclic) bond motifs is 2. The van der Waals surface area contributed by atoms with Gasteiger partial charge in [-0.05, 0) is 61.6 Å². The largest absolute Gasteiger partial charge is 0.490 e. The Morgan fingerprint density at radius 2 is 1.53 bits per heavy atom. The van der Waals surface area contributed by atoms with Gasteiger partial charge in [0.2, 0.25) is 11.8 Å². The van der Waals surface area contributed by atoms with Crippen molar-refractivity contribution < 1.29 is 32.7 Å². The number of rotatable bonds is 3. The number of amides is 2. The minimum atomic E-state index is -5.08. The number of hydrogen-bond acceptors (Lipinski definition) is 4. The number of hydrogen-bond donors (Lipinski definition) is 1. The predicted octanol–water partition coefficient (Wildman–Crippen LogP) is 4.02. The van der Waals surface area contributed by atoms with E-state index in [0.717, 1.165) is 71.4 Å². The molecule has 2 aliphatic heterocycles. The van der Waals surface area contributed by atoms with E-state index in [1.807, 2.05) is 0 Å². The number of carboxylic acid groups (broad SMARTS) is 1. The van der Waals surface area contributed by atoms with Crippen molar-refractivity contribution in [1.29, 1.82) is 0 Å². The molecule has 10 heteroatoms. The Bertz CT molecular complexity index is 1010. The van der Waals surface area contributed by atoms with Crippen molar-refractivity contribution in [1.82, 2.24) is 14.7 Å². The topological polar surface area (TPSA) is 81.2 Å². The van der Waals surface area contributed by atoms with E-state index in [4.69, 9.17) is 9.90 Å². The molecule has 7 nitrogen and oxygen atoms in total. The lowest BCUT2D eigenvalue weighted by Gasteiger charge is -2.41. The highest BCUT2D eigenvalue weighted by Gasteiger charge is 2.47. The third-order valence-electron chi connectivity index (χ3n) is 8.87. The highest BCUT2D eigenvalue weighted by molar-refractivity contribution is 5.79. The summed E-state index contributed by atoms with van der Waals surface area (Å²) < 4.78 is 31.7. The van der Waals surface area contributed by atoms with Gasteiger partial charge in [-0.25, -0.2) is 4.79 Å². The van der Waals surface area contributed by atoms with Gasteiger partial charge in [-0.15, -0.1) is 0 Å². The summed E-state index contributed by atoms with van der Waals surface area (Å²) in [5.74, 6) is -1.44. The molecule has 0 bridgehead atoms. The van der Waals surface area contributed by atoms with Gasteiger partial charge in [0, 0.05) is 51.6 Å². The average Bonchev–Trinajstić information content (AvgIpc) is 3.52. The molecular weight excluding hydrogens is 499 g/mol. The third-order valence-corrected chi connectivity index (χ3v) is 8.87. The van der Waals surface area contributed by atoms with E-state index in [1.165, 1.54) is 24.0 Å². The number of likely N-dealkylation sites (tertiary alicyclic amines) is 1. The quantitative estimate of drug-likeness (QED) is 0.630. The van der Waals surface area contributed by atoms with Crippen molar-refractivity contribution in [3.8, 4) is 0 Å². The molecule has 1 spiro atoms. The second-order valence-corrected chi connectivity index (χ2v) is 11.3. The number of piperidine rings is 1. The normalized spacial score (nSPS) is 23.6. The summed E-state index contributed by atoms with van der Waals surface area (Å²) in [5.41, 5.74) is 3.00. The molecule has 1 aromatic rings. The molecule has 2 amide bonds. The number of carbonyl (C=O) groups is 3. The third kappa shape index (κ3) is 6.33. The molecule has 2 saturated heterocycles. The number of benzene rings is 1. The number of alkyl halides is 3. The lowest BCUT2D eigenvalue weighted by atomic mass is 9.73. The fraction of sp³-hybridized carbons (Fsp3) is 0.679. The number of piperazine rings is 1. The van der Waals surface area contributed by atoms with Crippen LogP contribution in [0.15, 0.2) is 24.3 Å². The molecule has 3 fully saturated rings. The maximum absolute atomic E-state index is 13.1. The van der Waals surface area contributed by atoms with Crippen molar-refractivity contribution in [3.05, 3.63) is 35.4 Å². The van der Waals surface area contributed by atoms with Gasteiger partial charge in [-0.2, -0.15) is 13.2 Å². The van der Waals surface area contributed by atoms with Gasteiger partial charge < -0.3 is 19.8 Å². The lowest BCUT2D eigenvalue weighted by Crippen LogP contribution is -2.47. The summed E-state index contributed by atoms with van der Waals surface area (Å²) in [6.45, 7) is 5.41. The van der Waals surface area contributed by atoms with Gasteiger partial charge in [-0.3, -0.25) is 9.59 Å². The smallest absolute Gasteiger partial charge is 0.475 e. The molecule has 0 radical (unpaired) electrons. The Hall–Kier alpha value is -2.62.